The van der Waals surface area contributed by atoms with E-state index >= 15 is 0 Å². The first-order chi connectivity index (χ1) is 7.56. The van der Waals surface area contributed by atoms with E-state index in [4.69, 9.17) is 11.6 Å². The van der Waals surface area contributed by atoms with Crippen molar-refractivity contribution in [2.45, 2.75) is 19.4 Å². The largest absolute Gasteiger partial charge is 0.508 e. The van der Waals surface area contributed by atoms with E-state index in [1.54, 1.807) is 19.1 Å². The summed E-state index contributed by atoms with van der Waals surface area (Å²) >= 11 is 5.90. The molecule has 1 unspecified atom stereocenters. The number of aliphatic hydroxyl groups excluding tert-OH is 1. The molecule has 84 valence electrons. The van der Waals surface area contributed by atoms with Gasteiger partial charge in [0.05, 0.1) is 6.10 Å². The van der Waals surface area contributed by atoms with Crippen LogP contribution < -0.4 is 0 Å². The van der Waals surface area contributed by atoms with Gasteiger partial charge in [0.1, 0.15) is 5.75 Å². The number of rotatable bonds is 2. The molecule has 0 aliphatic rings. The minimum absolute atomic E-state index is 0.218. The van der Waals surface area contributed by atoms with Crippen molar-refractivity contribution in [3.05, 3.63) is 40.9 Å². The zero-order valence-electron chi connectivity index (χ0n) is 8.94. The molecule has 2 N–H and O–H groups in total. The quantitative estimate of drug-likeness (QED) is 0.841. The molecule has 0 aromatic heterocycles. The highest BCUT2D eigenvalue weighted by atomic mass is 35.5. The first-order valence-corrected chi connectivity index (χ1v) is 5.53. The van der Waals surface area contributed by atoms with Crippen LogP contribution >= 0.6 is 11.6 Å². The van der Waals surface area contributed by atoms with Gasteiger partial charge in [-0.3, -0.25) is 0 Å². The predicted octanol–water partition coefficient (Wildman–Crippen LogP) is 3.12. The Hall–Kier alpha value is -1.25. The number of aliphatic hydroxyl groups is 1. The highest BCUT2D eigenvalue weighted by Crippen LogP contribution is 2.27. The molecule has 16 heavy (non-hydrogen) atoms. The second-order valence-corrected chi connectivity index (χ2v) is 4.46. The molecule has 2 nitrogen and oxygen atoms in total. The van der Waals surface area contributed by atoms with Gasteiger partial charge in [-0.25, -0.2) is 0 Å². The number of hydrogen-bond acceptors (Lipinski definition) is 2. The van der Waals surface area contributed by atoms with Crippen LogP contribution in [0.5, 0.6) is 5.75 Å². The molecule has 0 heterocycles. The fourth-order valence-corrected chi connectivity index (χ4v) is 1.97. The van der Waals surface area contributed by atoms with Gasteiger partial charge in [0.25, 0.3) is 0 Å². The third-order valence-corrected chi connectivity index (χ3v) is 2.75. The van der Waals surface area contributed by atoms with E-state index in [0.717, 1.165) is 16.3 Å². The van der Waals surface area contributed by atoms with Crippen molar-refractivity contribution < 1.29 is 10.2 Å². The third-order valence-electron chi connectivity index (χ3n) is 2.52. The Kier molecular flexibility index (Phi) is 3.03. The topological polar surface area (TPSA) is 40.5 Å². The van der Waals surface area contributed by atoms with Crippen molar-refractivity contribution in [2.75, 3.05) is 0 Å². The SMILES string of the molecule is CC(O)Cc1cc2cc(Cl)ccc2cc1O. The van der Waals surface area contributed by atoms with Gasteiger partial charge in [0.2, 0.25) is 0 Å². The molecule has 2 aromatic carbocycles. The monoisotopic (exact) mass is 236 g/mol. The van der Waals surface area contributed by atoms with Crippen LogP contribution in [0.15, 0.2) is 30.3 Å². The highest BCUT2D eigenvalue weighted by molar-refractivity contribution is 6.31. The van der Waals surface area contributed by atoms with Crippen LogP contribution in [0.2, 0.25) is 5.02 Å². The van der Waals surface area contributed by atoms with Crippen LogP contribution in [0.25, 0.3) is 10.8 Å². The summed E-state index contributed by atoms with van der Waals surface area (Å²) in [6.45, 7) is 1.70. The third kappa shape index (κ3) is 2.29. The first kappa shape index (κ1) is 11.2. The zero-order valence-corrected chi connectivity index (χ0v) is 9.70. The Morgan fingerprint density at radius 2 is 1.94 bits per heavy atom. The molecule has 0 aliphatic heterocycles. The van der Waals surface area contributed by atoms with Crippen LogP contribution in [-0.2, 0) is 6.42 Å². The molecule has 3 heteroatoms. The molecular formula is C13H13ClO2. The van der Waals surface area contributed by atoms with Crippen LogP contribution in [0.3, 0.4) is 0 Å². The molecule has 0 fully saturated rings. The summed E-state index contributed by atoms with van der Waals surface area (Å²) in [5, 5.41) is 21.7. The van der Waals surface area contributed by atoms with Gasteiger partial charge < -0.3 is 10.2 Å². The highest BCUT2D eigenvalue weighted by Gasteiger charge is 2.07. The Balaban J connectivity index is 2.55. The Labute approximate surface area is 99.1 Å². The smallest absolute Gasteiger partial charge is 0.119 e. The van der Waals surface area contributed by atoms with Gasteiger partial charge in [0.15, 0.2) is 0 Å². The second kappa shape index (κ2) is 4.32. The molecular weight excluding hydrogens is 224 g/mol. The lowest BCUT2D eigenvalue weighted by atomic mass is 10.0. The maximum Gasteiger partial charge on any atom is 0.119 e. The van der Waals surface area contributed by atoms with Gasteiger partial charge in [-0.2, -0.15) is 0 Å². The van der Waals surface area contributed by atoms with Crippen LogP contribution in [0, 0.1) is 0 Å². The lowest BCUT2D eigenvalue weighted by Crippen LogP contribution is -2.04. The summed E-state index contributed by atoms with van der Waals surface area (Å²) in [5.74, 6) is 0.218. The molecule has 0 radical (unpaired) electrons. The van der Waals surface area contributed by atoms with E-state index in [0.29, 0.717) is 11.4 Å². The summed E-state index contributed by atoms with van der Waals surface area (Å²) in [4.78, 5) is 0. The van der Waals surface area contributed by atoms with Gasteiger partial charge in [0, 0.05) is 11.4 Å². The molecule has 0 saturated carbocycles. The van der Waals surface area contributed by atoms with Crippen LogP contribution in [0.4, 0.5) is 0 Å². The van der Waals surface area contributed by atoms with E-state index in [2.05, 4.69) is 0 Å². The summed E-state index contributed by atoms with van der Waals surface area (Å²) in [7, 11) is 0. The van der Waals surface area contributed by atoms with E-state index < -0.39 is 6.10 Å². The molecule has 0 aliphatic carbocycles. The molecule has 0 spiro atoms. The van der Waals surface area contributed by atoms with Crippen LogP contribution in [-0.4, -0.2) is 16.3 Å². The second-order valence-electron chi connectivity index (χ2n) is 4.03. The number of fused-ring (bicyclic) bond motifs is 1. The maximum atomic E-state index is 9.78. The molecule has 0 amide bonds. The molecule has 2 rings (SSSR count). The molecule has 2 aromatic rings. The first-order valence-electron chi connectivity index (χ1n) is 5.15. The Morgan fingerprint density at radius 1 is 1.19 bits per heavy atom. The summed E-state index contributed by atoms with van der Waals surface area (Å²) < 4.78 is 0. The fraction of sp³-hybridized carbons (Fsp3) is 0.231. The van der Waals surface area contributed by atoms with Crippen molar-refractivity contribution in [1.29, 1.82) is 0 Å². The number of phenolic OH excluding ortho intramolecular Hbond substituents is 1. The van der Waals surface area contributed by atoms with Gasteiger partial charge in [-0.15, -0.1) is 0 Å². The number of aromatic hydroxyl groups is 1. The van der Waals surface area contributed by atoms with E-state index in [1.807, 2.05) is 18.2 Å². The summed E-state index contributed by atoms with van der Waals surface area (Å²) in [6, 6.07) is 9.07. The van der Waals surface area contributed by atoms with E-state index in [1.165, 1.54) is 0 Å². The normalized spacial score (nSPS) is 12.9. The van der Waals surface area contributed by atoms with Crippen molar-refractivity contribution in [3.8, 4) is 5.75 Å². The number of halogens is 1. The maximum absolute atomic E-state index is 9.78. The van der Waals surface area contributed by atoms with E-state index in [9.17, 15) is 10.2 Å². The van der Waals surface area contributed by atoms with Gasteiger partial charge in [-0.05, 0) is 47.5 Å². The molecule has 0 bridgehead atoms. The van der Waals surface area contributed by atoms with Crippen LogP contribution in [0.1, 0.15) is 12.5 Å². The average molecular weight is 237 g/mol. The number of benzene rings is 2. The summed E-state index contributed by atoms with van der Waals surface area (Å²) in [5.41, 5.74) is 0.741. The lowest BCUT2D eigenvalue weighted by Gasteiger charge is -2.09. The van der Waals surface area contributed by atoms with Gasteiger partial charge in [-0.1, -0.05) is 17.7 Å². The average Bonchev–Trinajstić information content (AvgIpc) is 2.19. The molecule has 0 saturated heterocycles. The standard InChI is InChI=1S/C13H13ClO2/c1-8(15)4-11-5-10-6-12(14)3-2-9(10)7-13(11)16/h2-3,5-8,15-16H,4H2,1H3. The minimum Gasteiger partial charge on any atom is -0.508 e. The lowest BCUT2D eigenvalue weighted by molar-refractivity contribution is 0.194. The Morgan fingerprint density at radius 3 is 2.62 bits per heavy atom. The number of phenols is 1. The summed E-state index contributed by atoms with van der Waals surface area (Å²) in [6.07, 6.45) is -0.0311. The van der Waals surface area contributed by atoms with Crippen molar-refractivity contribution in [1.82, 2.24) is 0 Å². The minimum atomic E-state index is -0.470. The van der Waals surface area contributed by atoms with Crippen molar-refractivity contribution in [2.24, 2.45) is 0 Å². The van der Waals surface area contributed by atoms with Crippen molar-refractivity contribution in [3.63, 3.8) is 0 Å². The molecule has 1 atom stereocenters. The van der Waals surface area contributed by atoms with Gasteiger partial charge >= 0.3 is 0 Å². The Bertz CT molecular complexity index is 521. The number of hydrogen-bond donors (Lipinski definition) is 2. The zero-order chi connectivity index (χ0) is 11.7. The predicted molar refractivity (Wildman–Crippen MR) is 66.0 cm³/mol. The fourth-order valence-electron chi connectivity index (χ4n) is 1.79. The van der Waals surface area contributed by atoms with Crippen molar-refractivity contribution >= 4 is 22.4 Å². The van der Waals surface area contributed by atoms with E-state index in [-0.39, 0.29) is 5.75 Å².